The first-order valence-electron chi connectivity index (χ1n) is 13.6. The highest BCUT2D eigenvalue weighted by molar-refractivity contribution is 7.89. The molecular formula is C30H29FN4O5S2. The fourth-order valence-corrected chi connectivity index (χ4v) is 7.91. The van der Waals surface area contributed by atoms with E-state index in [0.29, 0.717) is 38.5 Å². The minimum absolute atomic E-state index is 0.00669. The van der Waals surface area contributed by atoms with E-state index in [2.05, 4.69) is 11.0 Å². The lowest BCUT2D eigenvalue weighted by atomic mass is 10.2. The number of hydrogen-bond donors (Lipinski definition) is 0. The number of hydrogen-bond acceptors (Lipinski definition) is 8. The zero-order chi connectivity index (χ0) is 29.4. The monoisotopic (exact) mass is 608 g/mol. The van der Waals surface area contributed by atoms with Crippen LogP contribution in [-0.4, -0.2) is 79.9 Å². The Morgan fingerprint density at radius 3 is 2.45 bits per heavy atom. The number of aromatic nitrogens is 1. The number of fused-ring (bicyclic) bond motifs is 1. The number of morpholine rings is 1. The van der Waals surface area contributed by atoms with E-state index in [0.717, 1.165) is 47.7 Å². The molecule has 2 amide bonds. The number of amides is 2. The lowest BCUT2D eigenvalue weighted by molar-refractivity contribution is -0.122. The number of halogens is 1. The summed E-state index contributed by atoms with van der Waals surface area (Å²) in [5.41, 5.74) is 3.26. The van der Waals surface area contributed by atoms with Crippen molar-refractivity contribution in [2.45, 2.75) is 24.3 Å². The summed E-state index contributed by atoms with van der Waals surface area (Å²) in [6.45, 7) is 4.71. The van der Waals surface area contributed by atoms with Gasteiger partial charge in [0.2, 0.25) is 15.9 Å². The molecule has 0 bridgehead atoms. The van der Waals surface area contributed by atoms with E-state index in [9.17, 15) is 22.4 Å². The number of imide groups is 1. The molecule has 0 N–H and O–H groups in total. The predicted octanol–water partition coefficient (Wildman–Crippen LogP) is 4.07. The number of benzene rings is 3. The van der Waals surface area contributed by atoms with E-state index in [1.165, 1.54) is 12.1 Å². The molecule has 3 aromatic carbocycles. The number of rotatable bonds is 8. The highest BCUT2D eigenvalue weighted by Crippen LogP contribution is 2.34. The molecule has 12 heteroatoms. The van der Waals surface area contributed by atoms with Gasteiger partial charge in [0.15, 0.2) is 0 Å². The number of sulfonamides is 1. The number of anilines is 1. The number of thiazole rings is 1. The van der Waals surface area contributed by atoms with Crippen LogP contribution in [0.15, 0.2) is 71.6 Å². The van der Waals surface area contributed by atoms with Crippen LogP contribution in [0.3, 0.4) is 0 Å². The van der Waals surface area contributed by atoms with Crippen LogP contribution >= 0.6 is 11.3 Å². The Balaban J connectivity index is 1.26. The second-order valence-corrected chi connectivity index (χ2v) is 13.3. The maximum absolute atomic E-state index is 13.8. The van der Waals surface area contributed by atoms with E-state index in [1.807, 2.05) is 19.1 Å². The van der Waals surface area contributed by atoms with Gasteiger partial charge >= 0.3 is 0 Å². The summed E-state index contributed by atoms with van der Waals surface area (Å²) in [6.07, 6.45) is -0.290. The van der Waals surface area contributed by atoms with Crippen LogP contribution in [0.1, 0.15) is 12.0 Å². The summed E-state index contributed by atoms with van der Waals surface area (Å²) >= 11 is 1.56. The van der Waals surface area contributed by atoms with Crippen molar-refractivity contribution < 1.29 is 27.1 Å². The predicted molar refractivity (Wildman–Crippen MR) is 158 cm³/mol. The van der Waals surface area contributed by atoms with Crippen LogP contribution in [0.5, 0.6) is 0 Å². The van der Waals surface area contributed by atoms with E-state index in [1.54, 1.807) is 35.6 Å². The number of carbonyl (C=O) groups is 2. The van der Waals surface area contributed by atoms with Crippen LogP contribution in [0.4, 0.5) is 10.1 Å². The summed E-state index contributed by atoms with van der Waals surface area (Å²) in [5, 5.41) is 0.818. The lowest BCUT2D eigenvalue weighted by Crippen LogP contribution is -2.49. The molecule has 0 radical (unpaired) electrons. The van der Waals surface area contributed by atoms with Gasteiger partial charge in [-0.3, -0.25) is 14.5 Å². The number of ether oxygens (including phenoxy) is 1. The van der Waals surface area contributed by atoms with Crippen molar-refractivity contribution in [3.8, 4) is 10.6 Å². The van der Waals surface area contributed by atoms with Crippen LogP contribution < -0.4 is 4.90 Å². The Bertz CT molecular complexity index is 1740. The molecule has 2 fully saturated rings. The summed E-state index contributed by atoms with van der Waals surface area (Å²) < 4.78 is 48.7. The Kier molecular flexibility index (Phi) is 7.90. The molecule has 1 aromatic heterocycles. The molecule has 1 atom stereocenters. The third kappa shape index (κ3) is 5.60. The average molecular weight is 609 g/mol. The maximum atomic E-state index is 13.8. The zero-order valence-electron chi connectivity index (χ0n) is 22.9. The average Bonchev–Trinajstić information content (AvgIpc) is 3.53. The van der Waals surface area contributed by atoms with Crippen molar-refractivity contribution in [2.24, 2.45) is 0 Å². The van der Waals surface area contributed by atoms with Crippen molar-refractivity contribution in [2.75, 3.05) is 44.3 Å². The second-order valence-electron chi connectivity index (χ2n) is 10.3. The highest BCUT2D eigenvalue weighted by atomic mass is 32.2. The molecule has 1 unspecified atom stereocenters. The lowest BCUT2D eigenvalue weighted by Gasteiger charge is -2.31. The summed E-state index contributed by atoms with van der Waals surface area (Å²) in [5.74, 6) is -1.67. The largest absolute Gasteiger partial charge is 0.379 e. The highest BCUT2D eigenvalue weighted by Gasteiger charge is 2.47. The van der Waals surface area contributed by atoms with Gasteiger partial charge in [0.25, 0.3) is 5.91 Å². The smallest absolute Gasteiger partial charge is 0.252 e. The third-order valence-electron chi connectivity index (χ3n) is 7.55. The fourth-order valence-electron chi connectivity index (χ4n) is 5.27. The molecule has 2 aliphatic heterocycles. The van der Waals surface area contributed by atoms with E-state index < -0.39 is 33.7 Å². The van der Waals surface area contributed by atoms with Gasteiger partial charge in [-0.1, -0.05) is 6.07 Å². The van der Waals surface area contributed by atoms with E-state index in [-0.39, 0.29) is 17.9 Å². The number of carbonyl (C=O) groups excluding carboxylic acids is 2. The Labute approximate surface area is 247 Å². The van der Waals surface area contributed by atoms with Gasteiger partial charge < -0.3 is 4.74 Å². The molecule has 9 nitrogen and oxygen atoms in total. The second kappa shape index (κ2) is 11.6. The van der Waals surface area contributed by atoms with Gasteiger partial charge in [0, 0.05) is 31.7 Å². The summed E-state index contributed by atoms with van der Waals surface area (Å²) in [7, 11) is -4.22. The van der Waals surface area contributed by atoms with Crippen LogP contribution in [0.25, 0.3) is 20.8 Å². The van der Waals surface area contributed by atoms with Gasteiger partial charge in [-0.2, -0.15) is 4.31 Å². The van der Waals surface area contributed by atoms with Crippen LogP contribution in [0.2, 0.25) is 0 Å². The van der Waals surface area contributed by atoms with Gasteiger partial charge in [0.1, 0.15) is 16.9 Å². The quantitative estimate of drug-likeness (QED) is 0.278. The maximum Gasteiger partial charge on any atom is 0.252 e. The molecule has 218 valence electrons. The normalized spacial score (nSPS) is 18.5. The molecule has 0 spiro atoms. The van der Waals surface area contributed by atoms with Crippen molar-refractivity contribution in [3.05, 3.63) is 78.1 Å². The topological polar surface area (TPSA) is 100 Å². The van der Waals surface area contributed by atoms with Crippen LogP contribution in [0, 0.1) is 12.7 Å². The first-order chi connectivity index (χ1) is 20.2. The van der Waals surface area contributed by atoms with Gasteiger partial charge in [-0.05, 0) is 73.2 Å². The van der Waals surface area contributed by atoms with Gasteiger partial charge in [-0.15, -0.1) is 11.3 Å². The molecule has 42 heavy (non-hydrogen) atoms. The summed E-state index contributed by atoms with van der Waals surface area (Å²) in [4.78, 5) is 34.6. The standard InChI is InChI=1S/C30H29FN4O5S2/c1-20-2-11-25-27(18-20)41-29(32-25)21-3-7-23(8-4-21)35-28(36)19-26(30(35)37)34(13-12-33-14-16-40-17-15-33)42(38,39)24-9-5-22(31)6-10-24/h2-11,18,26H,12-17,19H2,1H3. The van der Waals surface area contributed by atoms with Crippen molar-refractivity contribution >= 4 is 49.1 Å². The number of nitrogens with zero attached hydrogens (tertiary/aromatic N) is 4. The van der Waals surface area contributed by atoms with Crippen molar-refractivity contribution in [1.82, 2.24) is 14.2 Å². The molecule has 2 aliphatic rings. The molecule has 4 aromatic rings. The fraction of sp³-hybridized carbons (Fsp3) is 0.300. The van der Waals surface area contributed by atoms with Crippen molar-refractivity contribution in [1.29, 1.82) is 0 Å². The molecule has 0 saturated carbocycles. The molecule has 3 heterocycles. The zero-order valence-corrected chi connectivity index (χ0v) is 24.5. The minimum Gasteiger partial charge on any atom is -0.379 e. The Morgan fingerprint density at radius 2 is 1.74 bits per heavy atom. The molecule has 6 rings (SSSR count). The van der Waals surface area contributed by atoms with Crippen molar-refractivity contribution in [3.63, 3.8) is 0 Å². The minimum atomic E-state index is -4.22. The summed E-state index contributed by atoms with van der Waals surface area (Å²) in [6, 6.07) is 16.3. The first-order valence-corrected chi connectivity index (χ1v) is 15.9. The van der Waals surface area contributed by atoms with Crippen LogP contribution in [-0.2, 0) is 24.3 Å². The SMILES string of the molecule is Cc1ccc2nc(-c3ccc(N4C(=O)CC(N(CCN5CCOCC5)S(=O)(=O)c5ccc(F)cc5)C4=O)cc3)sc2c1. The Morgan fingerprint density at radius 1 is 1.02 bits per heavy atom. The number of aryl methyl sites for hydroxylation is 1. The molecule has 0 aliphatic carbocycles. The molecule has 2 saturated heterocycles. The van der Waals surface area contributed by atoms with Gasteiger partial charge in [0.05, 0.1) is 40.4 Å². The molecular weight excluding hydrogens is 579 g/mol. The third-order valence-corrected chi connectivity index (χ3v) is 10.5. The van der Waals surface area contributed by atoms with Gasteiger partial charge in [-0.25, -0.2) is 22.7 Å². The van der Waals surface area contributed by atoms with E-state index >= 15 is 0 Å². The first kappa shape index (κ1) is 28.6. The van der Waals surface area contributed by atoms with E-state index in [4.69, 9.17) is 9.72 Å². The Hall–Kier alpha value is -3.55.